The molecule has 2 N–H and O–H groups in total. The molecular weight excluding hydrogens is 337 g/mol. The van der Waals surface area contributed by atoms with E-state index in [4.69, 9.17) is 0 Å². The van der Waals surface area contributed by atoms with Crippen LogP contribution in [-0.2, 0) is 4.79 Å². The van der Waals surface area contributed by atoms with Crippen LogP contribution in [-0.4, -0.2) is 33.1 Å². The van der Waals surface area contributed by atoms with E-state index < -0.39 is 0 Å². The van der Waals surface area contributed by atoms with Crippen LogP contribution in [0.4, 0.5) is 0 Å². The molecule has 1 saturated heterocycles. The second-order valence-corrected chi connectivity index (χ2v) is 5.61. The number of carbonyl (C=O) groups is 1. The first-order valence-corrected chi connectivity index (χ1v) is 7.56. The van der Waals surface area contributed by atoms with E-state index in [1.807, 2.05) is 35.7 Å². The zero-order valence-corrected chi connectivity index (χ0v) is 14.7. The average molecular weight is 360 g/mol. The maximum atomic E-state index is 12.0. The second kappa shape index (κ2) is 9.05. The van der Waals surface area contributed by atoms with Crippen molar-refractivity contribution in [2.24, 2.45) is 0 Å². The molecule has 128 valence electrons. The number of nitrogens with one attached hydrogen (secondary N) is 2. The molecule has 2 unspecified atom stereocenters. The van der Waals surface area contributed by atoms with Crippen LogP contribution in [0.2, 0.25) is 0 Å². The molecule has 8 heteroatoms. The topological polar surface area (TPSA) is 71.3 Å². The van der Waals surface area contributed by atoms with Crippen molar-refractivity contribution in [1.82, 2.24) is 25.2 Å². The lowest BCUT2D eigenvalue weighted by Gasteiger charge is -2.14. The molecule has 0 radical (unpaired) electrons. The number of nitrogens with zero attached hydrogens (tertiary/aromatic N) is 3. The minimum absolute atomic E-state index is 0. The first kappa shape index (κ1) is 19.7. The van der Waals surface area contributed by atoms with Crippen LogP contribution in [0.25, 0.3) is 5.65 Å². The number of hydrogen-bond acceptors (Lipinski definition) is 4. The summed E-state index contributed by atoms with van der Waals surface area (Å²) < 4.78 is 1.91. The summed E-state index contributed by atoms with van der Waals surface area (Å²) in [4.78, 5) is 12.0. The molecule has 3 rings (SSSR count). The Morgan fingerprint density at radius 2 is 2.26 bits per heavy atom. The Morgan fingerprint density at radius 3 is 3.00 bits per heavy atom. The molecule has 2 aromatic rings. The van der Waals surface area contributed by atoms with E-state index in [2.05, 4.69) is 20.8 Å². The molecule has 23 heavy (non-hydrogen) atoms. The highest BCUT2D eigenvalue weighted by Gasteiger charge is 2.18. The molecule has 0 spiro atoms. The largest absolute Gasteiger partial charge is 0.346 e. The van der Waals surface area contributed by atoms with Gasteiger partial charge in [-0.25, -0.2) is 0 Å². The molecule has 1 fully saturated rings. The van der Waals surface area contributed by atoms with E-state index in [1.54, 1.807) is 0 Å². The van der Waals surface area contributed by atoms with Gasteiger partial charge in [0, 0.05) is 18.7 Å². The van der Waals surface area contributed by atoms with Crippen molar-refractivity contribution in [3.05, 3.63) is 30.2 Å². The van der Waals surface area contributed by atoms with Gasteiger partial charge in [-0.2, -0.15) is 0 Å². The highest BCUT2D eigenvalue weighted by atomic mass is 35.5. The van der Waals surface area contributed by atoms with Gasteiger partial charge in [-0.3, -0.25) is 9.20 Å². The normalized spacial score (nSPS) is 18.0. The number of fused-ring (bicyclic) bond motifs is 1. The maximum absolute atomic E-state index is 12.0. The Hall–Kier alpha value is -1.37. The number of pyridine rings is 1. The summed E-state index contributed by atoms with van der Waals surface area (Å²) in [6.45, 7) is 3.02. The van der Waals surface area contributed by atoms with Gasteiger partial charge in [0.2, 0.25) is 5.91 Å². The molecule has 0 aromatic carbocycles. The third kappa shape index (κ3) is 4.80. The number of hydrogen-bond donors (Lipinski definition) is 2. The Morgan fingerprint density at radius 1 is 1.43 bits per heavy atom. The summed E-state index contributed by atoms with van der Waals surface area (Å²) in [5.74, 6) is 0.835. The van der Waals surface area contributed by atoms with Crippen LogP contribution in [0, 0.1) is 0 Å². The Kier molecular flexibility index (Phi) is 7.75. The lowest BCUT2D eigenvalue weighted by atomic mass is 10.1. The van der Waals surface area contributed by atoms with E-state index >= 15 is 0 Å². The second-order valence-electron chi connectivity index (χ2n) is 5.61. The molecule has 1 aliphatic rings. The quantitative estimate of drug-likeness (QED) is 0.858. The van der Waals surface area contributed by atoms with Crippen LogP contribution in [0.3, 0.4) is 0 Å². The van der Waals surface area contributed by atoms with Crippen LogP contribution in [0.15, 0.2) is 24.4 Å². The van der Waals surface area contributed by atoms with Gasteiger partial charge in [-0.05, 0) is 44.9 Å². The summed E-state index contributed by atoms with van der Waals surface area (Å²) in [5, 5.41) is 14.7. The highest BCUT2D eigenvalue weighted by molar-refractivity contribution is 5.85. The molecular formula is C15H23Cl2N5O. The Balaban J connectivity index is 0.00000132. The zero-order chi connectivity index (χ0) is 14.7. The summed E-state index contributed by atoms with van der Waals surface area (Å²) >= 11 is 0. The van der Waals surface area contributed by atoms with Crippen molar-refractivity contribution in [1.29, 1.82) is 0 Å². The Bertz CT molecular complexity index is 627. The monoisotopic (exact) mass is 359 g/mol. The molecule has 0 saturated carbocycles. The van der Waals surface area contributed by atoms with E-state index in [-0.39, 0.29) is 36.8 Å². The zero-order valence-electron chi connectivity index (χ0n) is 13.1. The fourth-order valence-corrected chi connectivity index (χ4v) is 2.84. The van der Waals surface area contributed by atoms with Gasteiger partial charge in [-0.15, -0.1) is 35.0 Å². The van der Waals surface area contributed by atoms with Crippen LogP contribution in [0.1, 0.15) is 44.5 Å². The van der Waals surface area contributed by atoms with Gasteiger partial charge in [-0.1, -0.05) is 6.07 Å². The van der Waals surface area contributed by atoms with Crippen LogP contribution < -0.4 is 10.6 Å². The van der Waals surface area contributed by atoms with Crippen molar-refractivity contribution in [3.8, 4) is 0 Å². The summed E-state index contributed by atoms with van der Waals surface area (Å²) in [6, 6.07) is 6.11. The van der Waals surface area contributed by atoms with E-state index in [9.17, 15) is 4.79 Å². The molecule has 2 aromatic heterocycles. The van der Waals surface area contributed by atoms with Crippen LogP contribution >= 0.6 is 24.8 Å². The van der Waals surface area contributed by atoms with Crippen LogP contribution in [0.5, 0.6) is 0 Å². The number of rotatable bonds is 5. The molecule has 1 amide bonds. The van der Waals surface area contributed by atoms with Gasteiger partial charge in [0.15, 0.2) is 11.5 Å². The maximum Gasteiger partial charge on any atom is 0.220 e. The molecule has 0 bridgehead atoms. The van der Waals surface area contributed by atoms with Crippen molar-refractivity contribution in [2.45, 2.75) is 44.7 Å². The van der Waals surface area contributed by atoms with E-state index in [0.29, 0.717) is 12.5 Å². The van der Waals surface area contributed by atoms with Crippen molar-refractivity contribution >= 4 is 36.4 Å². The molecule has 0 aliphatic carbocycles. The summed E-state index contributed by atoms with van der Waals surface area (Å²) in [5.41, 5.74) is 0.795. The summed E-state index contributed by atoms with van der Waals surface area (Å²) in [6.07, 6.45) is 5.76. The fraction of sp³-hybridized carbons (Fsp3) is 0.533. The fourth-order valence-electron chi connectivity index (χ4n) is 2.84. The number of carbonyl (C=O) groups excluding carboxylic acids is 1. The average Bonchev–Trinajstić information content (AvgIpc) is 3.14. The van der Waals surface area contributed by atoms with Gasteiger partial charge < -0.3 is 10.6 Å². The van der Waals surface area contributed by atoms with Gasteiger partial charge >= 0.3 is 0 Å². The first-order valence-electron chi connectivity index (χ1n) is 7.56. The molecule has 6 nitrogen and oxygen atoms in total. The predicted octanol–water partition coefficient (Wildman–Crippen LogP) is 2.28. The molecule has 1 aliphatic heterocycles. The minimum atomic E-state index is -0.147. The smallest absolute Gasteiger partial charge is 0.220 e. The predicted molar refractivity (Wildman–Crippen MR) is 94.3 cm³/mol. The number of halogens is 2. The van der Waals surface area contributed by atoms with Crippen molar-refractivity contribution < 1.29 is 4.79 Å². The number of amides is 1. The van der Waals surface area contributed by atoms with Gasteiger partial charge in [0.05, 0.1) is 6.04 Å². The van der Waals surface area contributed by atoms with Crippen molar-refractivity contribution in [2.75, 3.05) is 6.54 Å². The lowest BCUT2D eigenvalue weighted by molar-refractivity contribution is -0.122. The standard InChI is InChI=1S/C15H21N5O.2ClH/c1-11(15-19-18-13-6-2-3-10-20(13)15)17-14(21)8-7-12-5-4-9-16-12;;/h2-3,6,10-12,16H,4-5,7-9H2,1H3,(H,17,21);2*1H. The van der Waals surface area contributed by atoms with Crippen molar-refractivity contribution in [3.63, 3.8) is 0 Å². The third-order valence-electron chi connectivity index (χ3n) is 3.99. The molecule has 2 atom stereocenters. The minimum Gasteiger partial charge on any atom is -0.346 e. The molecule has 3 heterocycles. The third-order valence-corrected chi connectivity index (χ3v) is 3.99. The summed E-state index contributed by atoms with van der Waals surface area (Å²) in [7, 11) is 0. The van der Waals surface area contributed by atoms with E-state index in [1.165, 1.54) is 12.8 Å². The number of aromatic nitrogens is 3. The van der Waals surface area contributed by atoms with Gasteiger partial charge in [0.1, 0.15) is 0 Å². The lowest BCUT2D eigenvalue weighted by Crippen LogP contribution is -2.30. The highest BCUT2D eigenvalue weighted by Crippen LogP contribution is 2.14. The van der Waals surface area contributed by atoms with E-state index in [0.717, 1.165) is 24.4 Å². The first-order chi connectivity index (χ1) is 10.2. The SMILES string of the molecule is CC(NC(=O)CCC1CCCN1)c1nnc2ccccn12.Cl.Cl. The Labute approximate surface area is 148 Å². The van der Waals surface area contributed by atoms with Gasteiger partial charge in [0.25, 0.3) is 0 Å².